The van der Waals surface area contributed by atoms with Gasteiger partial charge in [-0.25, -0.2) is 4.79 Å². The van der Waals surface area contributed by atoms with Crippen LogP contribution in [0.2, 0.25) is 5.02 Å². The molecule has 5 nitrogen and oxygen atoms in total. The van der Waals surface area contributed by atoms with Gasteiger partial charge in [-0.3, -0.25) is 10.1 Å². The number of nitrogens with one attached hydrogen (secondary N) is 2. The van der Waals surface area contributed by atoms with Crippen LogP contribution in [0.3, 0.4) is 0 Å². The van der Waals surface area contributed by atoms with Gasteiger partial charge in [0.2, 0.25) is 0 Å². The van der Waals surface area contributed by atoms with Crippen LogP contribution in [-0.2, 0) is 10.3 Å². The number of rotatable bonds is 1. The van der Waals surface area contributed by atoms with Crippen LogP contribution in [0.5, 0.6) is 5.75 Å². The van der Waals surface area contributed by atoms with Crippen molar-refractivity contribution in [1.82, 2.24) is 10.6 Å². The second kappa shape index (κ2) is 4.99. The SMILES string of the molecule is O=C1NC(=O)C2(CC(c3ccccc3)Oc3ccc(Cl)cc32)N1. The lowest BCUT2D eigenvalue weighted by atomic mass is 9.80. The summed E-state index contributed by atoms with van der Waals surface area (Å²) in [4.78, 5) is 24.3. The second-order valence-corrected chi connectivity index (χ2v) is 6.11. The Balaban J connectivity index is 1.86. The lowest BCUT2D eigenvalue weighted by Gasteiger charge is -2.37. The van der Waals surface area contributed by atoms with E-state index in [4.69, 9.17) is 16.3 Å². The molecule has 0 aliphatic carbocycles. The quantitative estimate of drug-likeness (QED) is 0.791. The Morgan fingerprint density at radius 2 is 1.91 bits per heavy atom. The molecule has 6 heteroatoms. The Kier molecular flexibility index (Phi) is 3.06. The molecule has 2 aromatic rings. The lowest BCUT2D eigenvalue weighted by molar-refractivity contribution is -0.126. The summed E-state index contributed by atoms with van der Waals surface area (Å²) >= 11 is 6.08. The number of ether oxygens (including phenoxy) is 1. The molecule has 3 amide bonds. The summed E-state index contributed by atoms with van der Waals surface area (Å²) in [5, 5.41) is 5.57. The van der Waals surface area contributed by atoms with Crippen molar-refractivity contribution >= 4 is 23.5 Å². The summed E-state index contributed by atoms with van der Waals surface area (Å²) in [5.74, 6) is 0.169. The van der Waals surface area contributed by atoms with E-state index in [1.165, 1.54) is 0 Å². The topological polar surface area (TPSA) is 67.4 Å². The van der Waals surface area contributed by atoms with Crippen LogP contribution in [0.15, 0.2) is 48.5 Å². The molecule has 1 saturated heterocycles. The highest BCUT2D eigenvalue weighted by Crippen LogP contribution is 2.46. The van der Waals surface area contributed by atoms with E-state index in [9.17, 15) is 9.59 Å². The third-order valence-electron chi connectivity index (χ3n) is 4.28. The van der Waals surface area contributed by atoms with Crippen LogP contribution >= 0.6 is 11.6 Å². The largest absolute Gasteiger partial charge is 0.485 e. The standard InChI is InChI=1S/C17H13ClN2O3/c18-11-6-7-13-12(8-11)17(15(21)19-16(22)20-17)9-14(23-13)10-4-2-1-3-5-10/h1-8,14H,9H2,(H2,19,20,21,22). The van der Waals surface area contributed by atoms with Gasteiger partial charge in [0.25, 0.3) is 5.91 Å². The van der Waals surface area contributed by atoms with Crippen molar-refractivity contribution in [2.24, 2.45) is 0 Å². The maximum atomic E-state index is 12.5. The molecule has 1 fully saturated rings. The number of halogens is 1. The summed E-state index contributed by atoms with van der Waals surface area (Å²) in [6, 6.07) is 14.2. The average molecular weight is 329 g/mol. The fraction of sp³-hybridized carbons (Fsp3) is 0.176. The highest BCUT2D eigenvalue weighted by atomic mass is 35.5. The third-order valence-corrected chi connectivity index (χ3v) is 4.51. The Labute approximate surface area is 137 Å². The molecule has 2 aliphatic heterocycles. The number of carbonyl (C=O) groups is 2. The van der Waals surface area contributed by atoms with Crippen LogP contribution in [0, 0.1) is 0 Å². The van der Waals surface area contributed by atoms with Gasteiger partial charge in [-0.05, 0) is 23.8 Å². The number of imide groups is 1. The van der Waals surface area contributed by atoms with Gasteiger partial charge in [0, 0.05) is 17.0 Å². The van der Waals surface area contributed by atoms with Crippen molar-refractivity contribution in [3.63, 3.8) is 0 Å². The first kappa shape index (κ1) is 14.1. The highest BCUT2D eigenvalue weighted by molar-refractivity contribution is 6.30. The highest BCUT2D eigenvalue weighted by Gasteiger charge is 2.53. The zero-order valence-electron chi connectivity index (χ0n) is 12.0. The van der Waals surface area contributed by atoms with Gasteiger partial charge in [0.15, 0.2) is 5.54 Å². The third kappa shape index (κ3) is 2.16. The molecule has 2 atom stereocenters. The number of hydrogen-bond donors (Lipinski definition) is 2. The number of urea groups is 1. The van der Waals surface area contributed by atoms with E-state index >= 15 is 0 Å². The molecule has 0 radical (unpaired) electrons. The van der Waals surface area contributed by atoms with Crippen LogP contribution in [0.1, 0.15) is 23.7 Å². The summed E-state index contributed by atoms with van der Waals surface area (Å²) in [6.07, 6.45) is -0.0314. The van der Waals surface area contributed by atoms with Crippen LogP contribution in [0.25, 0.3) is 0 Å². The number of carbonyl (C=O) groups excluding carboxylic acids is 2. The van der Waals surface area contributed by atoms with E-state index in [-0.39, 0.29) is 12.0 Å². The predicted molar refractivity (Wildman–Crippen MR) is 84.2 cm³/mol. The van der Waals surface area contributed by atoms with E-state index < -0.39 is 11.6 Å². The van der Waals surface area contributed by atoms with Crippen LogP contribution < -0.4 is 15.4 Å². The molecule has 0 aromatic heterocycles. The first-order valence-corrected chi connectivity index (χ1v) is 7.61. The minimum absolute atomic E-state index is 0.307. The Morgan fingerprint density at radius 3 is 2.61 bits per heavy atom. The molecule has 2 aromatic carbocycles. The molecule has 2 heterocycles. The van der Waals surface area contributed by atoms with Gasteiger partial charge in [-0.15, -0.1) is 0 Å². The number of hydrogen-bond acceptors (Lipinski definition) is 3. The van der Waals surface area contributed by atoms with Crippen molar-refractivity contribution in [2.75, 3.05) is 0 Å². The molecule has 1 spiro atoms. The lowest BCUT2D eigenvalue weighted by Crippen LogP contribution is -2.48. The van der Waals surface area contributed by atoms with E-state index in [1.807, 2.05) is 30.3 Å². The molecule has 4 rings (SSSR count). The smallest absolute Gasteiger partial charge is 0.322 e. The first-order valence-electron chi connectivity index (χ1n) is 7.24. The van der Waals surface area contributed by atoms with Crippen LogP contribution in [0.4, 0.5) is 4.79 Å². The molecule has 116 valence electrons. The molecular weight excluding hydrogens is 316 g/mol. The number of fused-ring (bicyclic) bond motifs is 2. The zero-order valence-corrected chi connectivity index (χ0v) is 12.8. The van der Waals surface area contributed by atoms with Gasteiger partial charge in [0.1, 0.15) is 11.9 Å². The van der Waals surface area contributed by atoms with E-state index in [1.54, 1.807) is 18.2 Å². The van der Waals surface area contributed by atoms with E-state index in [2.05, 4.69) is 10.6 Å². The molecule has 0 bridgehead atoms. The van der Waals surface area contributed by atoms with Crippen molar-refractivity contribution in [3.8, 4) is 5.75 Å². The predicted octanol–water partition coefficient (Wildman–Crippen LogP) is 2.90. The zero-order chi connectivity index (χ0) is 16.0. The fourth-order valence-corrected chi connectivity index (χ4v) is 3.37. The number of amides is 3. The summed E-state index contributed by atoms with van der Waals surface area (Å²) in [5.41, 5.74) is 0.373. The van der Waals surface area contributed by atoms with Crippen molar-refractivity contribution in [1.29, 1.82) is 0 Å². The van der Waals surface area contributed by atoms with Gasteiger partial charge in [-0.2, -0.15) is 0 Å². The Bertz CT molecular complexity index is 809. The summed E-state index contributed by atoms with van der Waals surface area (Å²) in [6.45, 7) is 0. The average Bonchev–Trinajstić information content (AvgIpc) is 2.83. The molecule has 2 aliphatic rings. The molecule has 2 N–H and O–H groups in total. The summed E-state index contributed by atoms with van der Waals surface area (Å²) < 4.78 is 6.05. The minimum Gasteiger partial charge on any atom is -0.485 e. The first-order chi connectivity index (χ1) is 11.1. The van der Waals surface area contributed by atoms with Crippen molar-refractivity contribution in [2.45, 2.75) is 18.1 Å². The van der Waals surface area contributed by atoms with Crippen molar-refractivity contribution in [3.05, 3.63) is 64.7 Å². The number of benzene rings is 2. The molecule has 0 saturated carbocycles. The van der Waals surface area contributed by atoms with Crippen LogP contribution in [-0.4, -0.2) is 11.9 Å². The second-order valence-electron chi connectivity index (χ2n) is 5.68. The molecule has 23 heavy (non-hydrogen) atoms. The molecule has 2 unspecified atom stereocenters. The maximum absolute atomic E-state index is 12.5. The Morgan fingerprint density at radius 1 is 1.13 bits per heavy atom. The van der Waals surface area contributed by atoms with Gasteiger partial charge in [0.05, 0.1) is 0 Å². The van der Waals surface area contributed by atoms with E-state index in [0.717, 1.165) is 5.56 Å². The van der Waals surface area contributed by atoms with Gasteiger partial charge >= 0.3 is 6.03 Å². The van der Waals surface area contributed by atoms with Gasteiger partial charge in [-0.1, -0.05) is 41.9 Å². The van der Waals surface area contributed by atoms with Crippen molar-refractivity contribution < 1.29 is 14.3 Å². The minimum atomic E-state index is -1.16. The summed E-state index contributed by atoms with van der Waals surface area (Å²) in [7, 11) is 0. The monoisotopic (exact) mass is 328 g/mol. The van der Waals surface area contributed by atoms with E-state index in [0.29, 0.717) is 22.8 Å². The normalized spacial score (nSPS) is 25.5. The van der Waals surface area contributed by atoms with Gasteiger partial charge < -0.3 is 10.1 Å². The maximum Gasteiger partial charge on any atom is 0.322 e. The Hall–Kier alpha value is -2.53. The molecular formula is C17H13ClN2O3. The fourth-order valence-electron chi connectivity index (χ4n) is 3.20.